The van der Waals surface area contributed by atoms with Gasteiger partial charge in [-0.2, -0.15) is 0 Å². The van der Waals surface area contributed by atoms with Gasteiger partial charge in [0, 0.05) is 13.5 Å². The fourth-order valence-corrected chi connectivity index (χ4v) is 3.95. The second-order valence-corrected chi connectivity index (χ2v) is 9.40. The van der Waals surface area contributed by atoms with Gasteiger partial charge in [-0.3, -0.25) is 19.2 Å². The first-order valence-electron chi connectivity index (χ1n) is 13.2. The summed E-state index contributed by atoms with van der Waals surface area (Å²) in [5.41, 5.74) is 2.85. The molecule has 0 saturated heterocycles. The third-order valence-electron chi connectivity index (χ3n) is 6.13. The normalized spacial score (nSPS) is 12.2. The summed E-state index contributed by atoms with van der Waals surface area (Å²) in [7, 11) is 1.91. The third kappa shape index (κ3) is 12.0. The standard InChI is InChI=1S/C29H40N4O6/c1-20-11-13-24(39-16-8-7-15-30-3)17-23(20)19-31-28(37)25(14-12-22-9-5-4-6-10-22)33-29(38)26(18-27(35)36)32-21(2)34/h4-6,9-11,13,17,25-26,30H,7-8,12,14-16,18-19H2,1-3H3,(H,31,37)(H,32,34)(H,33,38)(H,35,36)/t25-,26-/m0/s1. The molecular weight excluding hydrogens is 500 g/mol. The first kappa shape index (κ1) is 31.3. The Labute approximate surface area is 229 Å². The summed E-state index contributed by atoms with van der Waals surface area (Å²) in [6.45, 7) is 4.89. The van der Waals surface area contributed by atoms with E-state index in [0.29, 0.717) is 13.0 Å². The minimum atomic E-state index is -1.30. The molecule has 10 heteroatoms. The molecule has 0 bridgehead atoms. The van der Waals surface area contributed by atoms with E-state index < -0.39 is 42.2 Å². The molecule has 0 saturated carbocycles. The molecule has 2 atom stereocenters. The molecule has 0 aliphatic heterocycles. The molecule has 0 unspecified atom stereocenters. The molecule has 0 aliphatic carbocycles. The van der Waals surface area contributed by atoms with Gasteiger partial charge in [0.1, 0.15) is 17.8 Å². The molecule has 0 aromatic heterocycles. The number of ether oxygens (including phenoxy) is 1. The van der Waals surface area contributed by atoms with Crippen molar-refractivity contribution in [2.45, 2.75) is 64.6 Å². The zero-order chi connectivity index (χ0) is 28.6. The number of aryl methyl sites for hydroxylation is 2. The monoisotopic (exact) mass is 540 g/mol. The number of aliphatic carboxylic acids is 1. The number of hydrogen-bond acceptors (Lipinski definition) is 6. The number of unbranched alkanes of at least 4 members (excludes halogenated alkanes) is 1. The van der Waals surface area contributed by atoms with Crippen molar-refractivity contribution in [2.75, 3.05) is 20.2 Å². The predicted octanol–water partition coefficient (Wildman–Crippen LogP) is 2.09. The minimum Gasteiger partial charge on any atom is -0.494 e. The van der Waals surface area contributed by atoms with Crippen LogP contribution in [0.25, 0.3) is 0 Å². The van der Waals surface area contributed by atoms with E-state index in [-0.39, 0.29) is 13.0 Å². The topological polar surface area (TPSA) is 146 Å². The fraction of sp³-hybridized carbons (Fsp3) is 0.448. The lowest BCUT2D eigenvalue weighted by molar-refractivity contribution is -0.140. The van der Waals surface area contributed by atoms with E-state index in [1.165, 1.54) is 6.92 Å². The van der Waals surface area contributed by atoms with E-state index in [9.17, 15) is 19.2 Å². The highest BCUT2D eigenvalue weighted by atomic mass is 16.5. The molecule has 39 heavy (non-hydrogen) atoms. The zero-order valence-corrected chi connectivity index (χ0v) is 22.9. The highest BCUT2D eigenvalue weighted by Gasteiger charge is 2.27. The second kappa shape index (κ2) is 16.8. The molecule has 10 nitrogen and oxygen atoms in total. The number of rotatable bonds is 17. The minimum absolute atomic E-state index is 0.226. The summed E-state index contributed by atoms with van der Waals surface area (Å²) in [4.78, 5) is 48.9. The summed E-state index contributed by atoms with van der Waals surface area (Å²) in [6.07, 6.45) is 2.13. The molecule has 0 radical (unpaired) electrons. The number of carboxylic acids is 1. The Kier molecular flexibility index (Phi) is 13.5. The molecule has 2 rings (SSSR count). The quantitative estimate of drug-likeness (QED) is 0.193. The molecule has 3 amide bonds. The van der Waals surface area contributed by atoms with Gasteiger partial charge >= 0.3 is 5.97 Å². The lowest BCUT2D eigenvalue weighted by Gasteiger charge is -2.22. The van der Waals surface area contributed by atoms with Crippen LogP contribution in [0.15, 0.2) is 48.5 Å². The van der Waals surface area contributed by atoms with Crippen LogP contribution in [0.4, 0.5) is 0 Å². The first-order chi connectivity index (χ1) is 18.7. The molecule has 212 valence electrons. The first-order valence-corrected chi connectivity index (χ1v) is 13.2. The van der Waals surface area contributed by atoms with Gasteiger partial charge in [-0.1, -0.05) is 36.4 Å². The highest BCUT2D eigenvalue weighted by Crippen LogP contribution is 2.18. The van der Waals surface area contributed by atoms with Crippen LogP contribution in [-0.4, -0.2) is 61.1 Å². The van der Waals surface area contributed by atoms with E-state index in [1.807, 2.05) is 62.5 Å². The molecule has 5 N–H and O–H groups in total. The molecule has 0 aliphatic rings. The Balaban J connectivity index is 2.09. The summed E-state index contributed by atoms with van der Waals surface area (Å²) >= 11 is 0. The summed E-state index contributed by atoms with van der Waals surface area (Å²) in [6, 6.07) is 13.0. The van der Waals surface area contributed by atoms with Crippen molar-refractivity contribution in [1.82, 2.24) is 21.3 Å². The van der Waals surface area contributed by atoms with Gasteiger partial charge in [0.2, 0.25) is 17.7 Å². The molecule has 0 spiro atoms. The van der Waals surface area contributed by atoms with Crippen molar-refractivity contribution < 1.29 is 29.0 Å². The summed E-state index contributed by atoms with van der Waals surface area (Å²) in [5, 5.41) is 20.2. The predicted molar refractivity (Wildman–Crippen MR) is 148 cm³/mol. The van der Waals surface area contributed by atoms with Crippen LogP contribution in [0, 0.1) is 6.92 Å². The average Bonchev–Trinajstić information content (AvgIpc) is 2.90. The number of hydrogen-bond donors (Lipinski definition) is 5. The Morgan fingerprint density at radius 2 is 1.69 bits per heavy atom. The van der Waals surface area contributed by atoms with Gasteiger partial charge in [-0.25, -0.2) is 0 Å². The van der Waals surface area contributed by atoms with E-state index >= 15 is 0 Å². The number of benzene rings is 2. The Morgan fingerprint density at radius 1 is 0.949 bits per heavy atom. The lowest BCUT2D eigenvalue weighted by Crippen LogP contribution is -2.54. The van der Waals surface area contributed by atoms with Crippen LogP contribution in [0.1, 0.15) is 49.3 Å². The van der Waals surface area contributed by atoms with Crippen molar-refractivity contribution in [3.05, 3.63) is 65.2 Å². The van der Waals surface area contributed by atoms with Gasteiger partial charge < -0.3 is 31.1 Å². The third-order valence-corrected chi connectivity index (χ3v) is 6.13. The number of carbonyl (C=O) groups is 4. The van der Waals surface area contributed by atoms with Crippen molar-refractivity contribution in [3.8, 4) is 5.75 Å². The van der Waals surface area contributed by atoms with E-state index in [1.54, 1.807) is 0 Å². The number of carbonyl (C=O) groups excluding carboxylic acids is 3. The van der Waals surface area contributed by atoms with Crippen LogP contribution in [0.2, 0.25) is 0 Å². The Hall–Kier alpha value is -3.92. The highest BCUT2D eigenvalue weighted by molar-refractivity contribution is 5.93. The van der Waals surface area contributed by atoms with Crippen molar-refractivity contribution in [1.29, 1.82) is 0 Å². The van der Waals surface area contributed by atoms with E-state index in [2.05, 4.69) is 21.3 Å². The maximum atomic E-state index is 13.2. The smallest absolute Gasteiger partial charge is 0.305 e. The average molecular weight is 541 g/mol. The number of carboxylic acid groups (broad SMARTS) is 1. The maximum Gasteiger partial charge on any atom is 0.305 e. The van der Waals surface area contributed by atoms with Crippen molar-refractivity contribution in [3.63, 3.8) is 0 Å². The van der Waals surface area contributed by atoms with Crippen LogP contribution in [-0.2, 0) is 32.1 Å². The van der Waals surface area contributed by atoms with E-state index in [0.717, 1.165) is 41.8 Å². The molecule has 0 heterocycles. The summed E-state index contributed by atoms with van der Waals surface area (Å²) in [5.74, 6) is -2.20. The van der Waals surface area contributed by atoms with Gasteiger partial charge in [0.15, 0.2) is 0 Å². The van der Waals surface area contributed by atoms with Crippen molar-refractivity contribution in [2.24, 2.45) is 0 Å². The Bertz CT molecular complexity index is 1080. The lowest BCUT2D eigenvalue weighted by atomic mass is 10.0. The van der Waals surface area contributed by atoms with Crippen LogP contribution < -0.4 is 26.0 Å². The molecule has 2 aromatic carbocycles. The maximum absolute atomic E-state index is 13.2. The Morgan fingerprint density at radius 3 is 2.36 bits per heavy atom. The summed E-state index contributed by atoms with van der Waals surface area (Å²) < 4.78 is 5.85. The van der Waals surface area contributed by atoms with Gasteiger partial charge in [0.25, 0.3) is 0 Å². The number of nitrogens with one attached hydrogen (secondary N) is 4. The van der Waals surface area contributed by atoms with Gasteiger partial charge in [0.05, 0.1) is 13.0 Å². The fourth-order valence-electron chi connectivity index (χ4n) is 3.95. The largest absolute Gasteiger partial charge is 0.494 e. The zero-order valence-electron chi connectivity index (χ0n) is 22.9. The van der Waals surface area contributed by atoms with Gasteiger partial charge in [-0.15, -0.1) is 0 Å². The SMILES string of the molecule is CNCCCCOc1ccc(C)c(CNC(=O)[C@H](CCc2ccccc2)NC(=O)[C@H](CC(=O)O)NC(C)=O)c1. The molecule has 0 fully saturated rings. The van der Waals surface area contributed by atoms with Crippen LogP contribution in [0.5, 0.6) is 5.75 Å². The van der Waals surface area contributed by atoms with E-state index in [4.69, 9.17) is 9.84 Å². The van der Waals surface area contributed by atoms with Crippen LogP contribution >= 0.6 is 0 Å². The number of amides is 3. The van der Waals surface area contributed by atoms with Crippen LogP contribution in [0.3, 0.4) is 0 Å². The molecular formula is C29H40N4O6. The van der Waals surface area contributed by atoms with Gasteiger partial charge in [-0.05, 0) is 75.0 Å². The van der Waals surface area contributed by atoms with Crippen molar-refractivity contribution >= 4 is 23.7 Å². The second-order valence-electron chi connectivity index (χ2n) is 9.40. The molecule has 2 aromatic rings.